The number of ether oxygens (including phenoxy) is 12. The third kappa shape index (κ3) is 9.19. The zero-order valence-corrected chi connectivity index (χ0v) is 29.4. The summed E-state index contributed by atoms with van der Waals surface area (Å²) in [6.45, 7) is 0.552. The van der Waals surface area contributed by atoms with Gasteiger partial charge in [0.1, 0.15) is 67.1 Å². The zero-order valence-electron chi connectivity index (χ0n) is 29.4. The fourth-order valence-corrected chi connectivity index (χ4v) is 6.98. The molecule has 3 aliphatic rings. The van der Waals surface area contributed by atoms with E-state index in [0.717, 1.165) is 0 Å². The highest BCUT2D eigenvalue weighted by molar-refractivity contribution is 5.81. The minimum absolute atomic E-state index is 0.130. The number of hydrogen-bond donors (Lipinski definition) is 5. The Morgan fingerprint density at radius 1 is 0.708 bits per heavy atom. The lowest BCUT2D eigenvalue weighted by atomic mass is 9.83. The van der Waals surface area contributed by atoms with Gasteiger partial charge in [0.2, 0.25) is 5.91 Å². The molecule has 0 spiro atoms. The van der Waals surface area contributed by atoms with Crippen molar-refractivity contribution in [2.24, 2.45) is 22.9 Å². The molecule has 18 nitrogen and oxygen atoms in total. The first kappa shape index (κ1) is 41.3. The van der Waals surface area contributed by atoms with Gasteiger partial charge in [0, 0.05) is 69.5 Å². The van der Waals surface area contributed by atoms with Crippen molar-refractivity contribution in [1.82, 2.24) is 5.32 Å². The summed E-state index contributed by atoms with van der Waals surface area (Å²) in [7, 11) is 12.1. The van der Waals surface area contributed by atoms with Crippen LogP contribution >= 0.6 is 0 Å². The summed E-state index contributed by atoms with van der Waals surface area (Å²) in [5.41, 5.74) is 25.2. The third-order valence-corrected chi connectivity index (χ3v) is 9.40. The molecule has 1 unspecified atom stereocenters. The van der Waals surface area contributed by atoms with E-state index in [9.17, 15) is 4.79 Å². The van der Waals surface area contributed by atoms with Crippen molar-refractivity contribution in [2.45, 2.75) is 111 Å². The molecule has 0 aromatic rings. The van der Waals surface area contributed by atoms with Crippen LogP contribution in [0.25, 0.3) is 0 Å². The maximum absolute atomic E-state index is 13.4. The highest BCUT2D eigenvalue weighted by Gasteiger charge is 2.54. The van der Waals surface area contributed by atoms with Gasteiger partial charge >= 0.3 is 0 Å². The average molecular weight is 698 g/mol. The highest BCUT2D eigenvalue weighted by atomic mass is 16.7. The summed E-state index contributed by atoms with van der Waals surface area (Å²) in [5.74, 6) is -0.390. The Morgan fingerprint density at radius 2 is 1.25 bits per heavy atom. The second-order valence-corrected chi connectivity index (χ2v) is 12.1. The molecule has 48 heavy (non-hydrogen) atoms. The lowest BCUT2D eigenvalue weighted by molar-refractivity contribution is -0.340. The molecule has 2 saturated heterocycles. The van der Waals surface area contributed by atoms with E-state index < -0.39 is 104 Å². The van der Waals surface area contributed by atoms with E-state index in [4.69, 9.17) is 79.8 Å². The number of methoxy groups -OCH3 is 8. The summed E-state index contributed by atoms with van der Waals surface area (Å²) < 4.78 is 71.4. The average Bonchev–Trinajstić information content (AvgIpc) is 3.08. The van der Waals surface area contributed by atoms with E-state index in [-0.39, 0.29) is 26.1 Å². The number of rotatable bonds is 18. The summed E-state index contributed by atoms with van der Waals surface area (Å²) in [5, 5.41) is 3.03. The SMILES string of the molecule is COC[C@H]1O[C@H](O[C@H]2[C@H](OC)[C@@H](O[C@H]3O[C@H](CN)[C@@H](OC)[C@H](OC)[C@H]3OC)[C@H](N)C[C@@H]2NC(=O)C(CCN)OC)[C@H](OC)[C@@H](N)[C@@H]1OC. The van der Waals surface area contributed by atoms with Gasteiger partial charge in [-0.05, 0) is 19.4 Å². The summed E-state index contributed by atoms with van der Waals surface area (Å²) >= 11 is 0. The predicted molar refractivity (Wildman–Crippen MR) is 170 cm³/mol. The first-order chi connectivity index (χ1) is 23.1. The number of amides is 1. The second-order valence-electron chi connectivity index (χ2n) is 12.1. The van der Waals surface area contributed by atoms with Crippen LogP contribution in [0.3, 0.4) is 0 Å². The lowest BCUT2D eigenvalue weighted by Gasteiger charge is -2.51. The molecule has 9 N–H and O–H groups in total. The van der Waals surface area contributed by atoms with Gasteiger partial charge in [-0.25, -0.2) is 0 Å². The van der Waals surface area contributed by atoms with E-state index in [1.165, 1.54) is 35.5 Å². The molecule has 1 aliphatic carbocycles. The quantitative estimate of drug-likeness (QED) is 0.0947. The van der Waals surface area contributed by atoms with E-state index >= 15 is 0 Å². The second kappa shape index (κ2) is 20.0. The van der Waals surface area contributed by atoms with Crippen LogP contribution in [0.5, 0.6) is 0 Å². The van der Waals surface area contributed by atoms with Crippen LogP contribution in [0.15, 0.2) is 0 Å². The van der Waals surface area contributed by atoms with Gasteiger partial charge in [0.25, 0.3) is 0 Å². The fourth-order valence-electron chi connectivity index (χ4n) is 6.98. The molecule has 3 rings (SSSR count). The van der Waals surface area contributed by atoms with Crippen molar-refractivity contribution in [1.29, 1.82) is 0 Å². The Balaban J connectivity index is 1.99. The number of nitrogens with one attached hydrogen (secondary N) is 1. The Morgan fingerprint density at radius 3 is 1.77 bits per heavy atom. The van der Waals surface area contributed by atoms with Gasteiger partial charge in [-0.3, -0.25) is 4.79 Å². The Bertz CT molecular complexity index is 944. The maximum Gasteiger partial charge on any atom is 0.249 e. The lowest BCUT2D eigenvalue weighted by Crippen LogP contribution is -2.70. The number of carbonyl (C=O) groups is 1. The monoisotopic (exact) mass is 697 g/mol. The van der Waals surface area contributed by atoms with Crippen LogP contribution in [0.4, 0.5) is 0 Å². The van der Waals surface area contributed by atoms with Crippen molar-refractivity contribution in [3.8, 4) is 0 Å². The van der Waals surface area contributed by atoms with Crippen molar-refractivity contribution in [2.75, 3.05) is 76.6 Å². The minimum Gasteiger partial charge on any atom is -0.382 e. The summed E-state index contributed by atoms with van der Waals surface area (Å²) in [6, 6.07) is -2.03. The molecule has 0 aromatic carbocycles. The predicted octanol–water partition coefficient (Wildman–Crippen LogP) is -3.19. The van der Waals surface area contributed by atoms with Crippen molar-refractivity contribution in [3.05, 3.63) is 0 Å². The largest absolute Gasteiger partial charge is 0.382 e. The maximum atomic E-state index is 13.4. The smallest absolute Gasteiger partial charge is 0.249 e. The van der Waals surface area contributed by atoms with Gasteiger partial charge in [-0.1, -0.05) is 0 Å². The molecule has 1 amide bonds. The molecule has 282 valence electrons. The zero-order chi connectivity index (χ0) is 35.5. The standard InChI is InChI=1S/C30H59N5O13/c1-37-13-18-22(39-3)19(34)24(41-5)29(46-18)48-21-15(35-28(36)16(38-2)9-10-31)11-14(33)20(25(21)42-6)47-30-27(44-8)26(43-7)23(40-4)17(12-32)45-30/h14-27,29-30H,9-13,31-34H2,1-8H3,(H,35,36)/t14-,15+,16?,17-,18-,19+,20+,21-,22-,23-,24-,25-,26+,27-,29-,30-/m1/s1. The Kier molecular flexibility index (Phi) is 17.2. The van der Waals surface area contributed by atoms with Gasteiger partial charge in [0.05, 0.1) is 18.7 Å². The molecule has 0 bridgehead atoms. The van der Waals surface area contributed by atoms with E-state index in [0.29, 0.717) is 6.42 Å². The molecule has 16 atom stereocenters. The normalized spacial score (nSPS) is 41.2. The molecule has 0 aromatic heterocycles. The van der Waals surface area contributed by atoms with Crippen LogP contribution in [-0.2, 0) is 61.6 Å². The van der Waals surface area contributed by atoms with Gasteiger partial charge in [-0.2, -0.15) is 0 Å². The summed E-state index contributed by atoms with van der Waals surface area (Å²) in [4.78, 5) is 13.4. The molecular weight excluding hydrogens is 638 g/mol. The molecule has 1 saturated carbocycles. The van der Waals surface area contributed by atoms with Gasteiger partial charge < -0.3 is 85.1 Å². The molecule has 2 heterocycles. The third-order valence-electron chi connectivity index (χ3n) is 9.40. The van der Waals surface area contributed by atoms with Crippen molar-refractivity contribution in [3.63, 3.8) is 0 Å². The van der Waals surface area contributed by atoms with Crippen LogP contribution < -0.4 is 28.3 Å². The molecular formula is C30H59N5O13. The van der Waals surface area contributed by atoms with Crippen LogP contribution in [0.1, 0.15) is 12.8 Å². The summed E-state index contributed by atoms with van der Waals surface area (Å²) in [6.07, 6.45) is -9.23. The highest BCUT2D eigenvalue weighted by Crippen LogP contribution is 2.35. The van der Waals surface area contributed by atoms with Gasteiger partial charge in [-0.15, -0.1) is 0 Å². The van der Waals surface area contributed by atoms with Crippen LogP contribution in [-0.4, -0.2) is 180 Å². The van der Waals surface area contributed by atoms with E-state index in [2.05, 4.69) is 5.32 Å². The Hall–Kier alpha value is -1.17. The molecule has 2 aliphatic heterocycles. The number of carbonyl (C=O) groups excluding carboxylic acids is 1. The fraction of sp³-hybridized carbons (Fsp3) is 0.967. The molecule has 3 fully saturated rings. The van der Waals surface area contributed by atoms with Gasteiger partial charge in [0.15, 0.2) is 12.6 Å². The van der Waals surface area contributed by atoms with E-state index in [1.807, 2.05) is 0 Å². The molecule has 0 radical (unpaired) electrons. The molecule has 18 heteroatoms. The first-order valence-electron chi connectivity index (χ1n) is 16.1. The van der Waals surface area contributed by atoms with E-state index in [1.54, 1.807) is 21.3 Å². The first-order valence-corrected chi connectivity index (χ1v) is 16.1. The van der Waals surface area contributed by atoms with Crippen LogP contribution in [0.2, 0.25) is 0 Å². The van der Waals surface area contributed by atoms with Crippen molar-refractivity contribution < 1.29 is 61.6 Å². The topological polar surface area (TPSA) is 244 Å². The number of hydrogen-bond acceptors (Lipinski definition) is 17. The van der Waals surface area contributed by atoms with Crippen molar-refractivity contribution >= 4 is 5.91 Å². The van der Waals surface area contributed by atoms with Crippen LogP contribution in [0, 0.1) is 0 Å². The minimum atomic E-state index is -1.03. The Labute approximate surface area is 283 Å². The number of nitrogens with two attached hydrogens (primary N) is 4.